The van der Waals surface area contributed by atoms with E-state index in [0.29, 0.717) is 6.08 Å². The van der Waals surface area contributed by atoms with Crippen molar-refractivity contribution in [3.63, 3.8) is 0 Å². The number of aliphatic hydroxyl groups is 1. The van der Waals surface area contributed by atoms with Gasteiger partial charge in [0.05, 0.1) is 6.61 Å². The van der Waals surface area contributed by atoms with Crippen molar-refractivity contribution < 1.29 is 34.4 Å². The molecule has 0 aliphatic heterocycles. The molecule has 7 nitrogen and oxygen atoms in total. The van der Waals surface area contributed by atoms with Gasteiger partial charge in [-0.25, -0.2) is 9.59 Å². The molecule has 0 aromatic heterocycles. The third-order valence-electron chi connectivity index (χ3n) is 3.35. The summed E-state index contributed by atoms with van der Waals surface area (Å²) in [7, 11) is 0. The SMILES string of the molecule is CC(=O)[O-].CCC[CH2][Sn+]([CH2]CCC)[CH2]CCC.O=C(O)/C=C\C(=O)OCCO. The Hall–Kier alpha value is -1.09. The molecule has 164 valence electrons. The zero-order valence-electron chi connectivity index (χ0n) is 17.9. The number of carboxylic acids is 2. The third-order valence-corrected chi connectivity index (χ3v) is 12.4. The minimum atomic E-state index is -1.22. The Morgan fingerprint density at radius 2 is 1.32 bits per heavy atom. The number of aliphatic carboxylic acids is 2. The first kappa shape index (κ1) is 31.6. The van der Waals surface area contributed by atoms with Gasteiger partial charge in [0.1, 0.15) is 6.61 Å². The van der Waals surface area contributed by atoms with Crippen molar-refractivity contribution in [1.29, 1.82) is 0 Å². The van der Waals surface area contributed by atoms with Gasteiger partial charge in [-0.2, -0.15) is 0 Å². The predicted octanol–water partition coefficient (Wildman–Crippen LogP) is 2.80. The number of hydrogen-bond acceptors (Lipinski definition) is 6. The number of aliphatic hydroxyl groups excluding tert-OH is 1. The van der Waals surface area contributed by atoms with Crippen molar-refractivity contribution in [2.75, 3.05) is 13.2 Å². The fourth-order valence-corrected chi connectivity index (χ4v) is 11.4. The van der Waals surface area contributed by atoms with Crippen molar-refractivity contribution in [1.82, 2.24) is 0 Å². The largest absolute Gasteiger partial charge is 0.478 e. The van der Waals surface area contributed by atoms with Gasteiger partial charge < -0.3 is 24.9 Å². The van der Waals surface area contributed by atoms with Crippen LogP contribution in [0.3, 0.4) is 0 Å². The maximum Gasteiger partial charge on any atom is 0.331 e. The second kappa shape index (κ2) is 25.9. The number of esters is 1. The second-order valence-corrected chi connectivity index (χ2v) is 14.7. The van der Waals surface area contributed by atoms with Gasteiger partial charge in [-0.05, 0) is 6.92 Å². The van der Waals surface area contributed by atoms with Crippen LogP contribution in [-0.4, -0.2) is 61.1 Å². The van der Waals surface area contributed by atoms with Crippen LogP contribution >= 0.6 is 0 Å². The summed E-state index contributed by atoms with van der Waals surface area (Å²) in [6.07, 6.45) is 10.3. The van der Waals surface area contributed by atoms with E-state index in [2.05, 4.69) is 25.5 Å². The molecule has 0 rings (SSSR count). The van der Waals surface area contributed by atoms with E-state index >= 15 is 0 Å². The number of carbonyl (C=O) groups is 3. The van der Waals surface area contributed by atoms with Crippen LogP contribution in [0.5, 0.6) is 0 Å². The molecule has 0 fully saturated rings. The van der Waals surface area contributed by atoms with Crippen molar-refractivity contribution in [3.05, 3.63) is 12.2 Å². The summed E-state index contributed by atoms with van der Waals surface area (Å²) in [4.78, 5) is 29.1. The third kappa shape index (κ3) is 35.9. The van der Waals surface area contributed by atoms with E-state index in [9.17, 15) is 9.59 Å². The Labute approximate surface area is 176 Å². The second-order valence-electron chi connectivity index (χ2n) is 6.11. The van der Waals surface area contributed by atoms with E-state index in [1.54, 1.807) is 13.3 Å². The molecule has 0 aromatic carbocycles. The van der Waals surface area contributed by atoms with Crippen LogP contribution in [0.25, 0.3) is 0 Å². The van der Waals surface area contributed by atoms with E-state index in [1.807, 2.05) is 0 Å². The Morgan fingerprint density at radius 3 is 1.61 bits per heavy atom. The van der Waals surface area contributed by atoms with Gasteiger partial charge in [-0.3, -0.25) is 0 Å². The van der Waals surface area contributed by atoms with Gasteiger partial charge in [0.15, 0.2) is 0 Å². The molecule has 0 aromatic rings. The maximum atomic E-state index is 10.4. The molecule has 0 saturated heterocycles. The smallest absolute Gasteiger partial charge is 0.331 e. The van der Waals surface area contributed by atoms with Crippen LogP contribution in [-0.2, 0) is 19.1 Å². The minimum Gasteiger partial charge on any atom is -0.478 e. The molecule has 28 heavy (non-hydrogen) atoms. The summed E-state index contributed by atoms with van der Waals surface area (Å²) in [5.41, 5.74) is 0. The number of hydrogen-bond donors (Lipinski definition) is 2. The summed E-state index contributed by atoms with van der Waals surface area (Å²) in [5.74, 6) is -3.08. The first-order valence-corrected chi connectivity index (χ1v) is 16.0. The molecule has 0 spiro atoms. The molecule has 8 heteroatoms. The molecule has 0 aliphatic rings. The van der Waals surface area contributed by atoms with Gasteiger partial charge in [-0.15, -0.1) is 0 Å². The zero-order chi connectivity index (χ0) is 22.2. The van der Waals surface area contributed by atoms with Crippen LogP contribution < -0.4 is 5.11 Å². The summed E-state index contributed by atoms with van der Waals surface area (Å²) in [5, 5.41) is 25.1. The number of rotatable bonds is 13. The summed E-state index contributed by atoms with van der Waals surface area (Å²) >= 11 is -0.839. The molecular weight excluding hydrogens is 471 g/mol. The quantitative estimate of drug-likeness (QED) is 0.222. The Kier molecular flexibility index (Phi) is 29.2. The molecule has 0 amide bonds. The maximum absolute atomic E-state index is 10.4. The molecule has 0 saturated carbocycles. The van der Waals surface area contributed by atoms with Crippen molar-refractivity contribution in [3.8, 4) is 0 Å². The van der Waals surface area contributed by atoms with E-state index in [-0.39, 0.29) is 13.2 Å². The average Bonchev–Trinajstić information content (AvgIpc) is 2.64. The Bertz CT molecular complexity index is 388. The number of ether oxygens (including phenoxy) is 1. The molecular formula is C20H38O7Sn. The zero-order valence-corrected chi connectivity index (χ0v) is 20.7. The van der Waals surface area contributed by atoms with Gasteiger partial charge in [0, 0.05) is 18.1 Å². The van der Waals surface area contributed by atoms with E-state index in [0.717, 1.165) is 13.0 Å². The van der Waals surface area contributed by atoms with E-state index < -0.39 is 37.7 Å². The molecule has 0 heterocycles. The molecule has 2 N–H and O–H groups in total. The van der Waals surface area contributed by atoms with Gasteiger partial charge in [-0.1, -0.05) is 0 Å². The van der Waals surface area contributed by atoms with Crippen LogP contribution in [0.15, 0.2) is 12.2 Å². The monoisotopic (exact) mass is 510 g/mol. The molecule has 0 aliphatic carbocycles. The summed E-state index contributed by atoms with van der Waals surface area (Å²) in [6.45, 7) is 7.58. The van der Waals surface area contributed by atoms with Crippen LogP contribution in [0, 0.1) is 0 Å². The Balaban J connectivity index is -0.000000378. The summed E-state index contributed by atoms with van der Waals surface area (Å²) < 4.78 is 9.34. The predicted molar refractivity (Wildman–Crippen MR) is 110 cm³/mol. The van der Waals surface area contributed by atoms with Gasteiger partial charge in [0.2, 0.25) is 0 Å². The van der Waals surface area contributed by atoms with Crippen molar-refractivity contribution in [2.24, 2.45) is 0 Å². The van der Waals surface area contributed by atoms with E-state index in [4.69, 9.17) is 20.1 Å². The molecule has 0 unspecified atom stereocenters. The molecule has 0 radical (unpaired) electrons. The first-order chi connectivity index (χ1) is 13.2. The van der Waals surface area contributed by atoms with Gasteiger partial charge >= 0.3 is 104 Å². The minimum absolute atomic E-state index is 0.122. The van der Waals surface area contributed by atoms with E-state index in [1.165, 1.54) is 38.5 Å². The average molecular weight is 509 g/mol. The number of carboxylic acid groups (broad SMARTS) is 2. The van der Waals surface area contributed by atoms with Crippen molar-refractivity contribution in [2.45, 2.75) is 79.5 Å². The number of unbranched alkanes of at least 4 members (excludes halogenated alkanes) is 3. The summed E-state index contributed by atoms with van der Waals surface area (Å²) in [6, 6.07) is 0. The van der Waals surface area contributed by atoms with Crippen LogP contribution in [0.2, 0.25) is 13.3 Å². The standard InChI is InChI=1S/C6H8O5.3C4H9.C2H4O2.Sn/c7-3-4-11-6(10)2-1-5(8)9;3*1-3-4-2;1-2(3)4;/h1-2,7H,3-4H2,(H,8,9);3*1,3-4H2,2H3;1H3,(H,3,4);/q;;;;;+1/p-1/b2-1-;;;;;. The Morgan fingerprint density at radius 1 is 0.929 bits per heavy atom. The molecule has 0 bridgehead atoms. The first-order valence-electron chi connectivity index (χ1n) is 9.94. The van der Waals surface area contributed by atoms with Crippen molar-refractivity contribution >= 4 is 37.7 Å². The fourth-order valence-electron chi connectivity index (χ4n) is 1.99. The molecule has 0 atom stereocenters. The van der Waals surface area contributed by atoms with Crippen LogP contribution in [0.4, 0.5) is 0 Å². The normalized spacial score (nSPS) is 9.61. The topological polar surface area (TPSA) is 124 Å². The van der Waals surface area contributed by atoms with Crippen LogP contribution in [0.1, 0.15) is 66.2 Å². The fraction of sp³-hybridized carbons (Fsp3) is 0.750. The van der Waals surface area contributed by atoms with Gasteiger partial charge in [0.25, 0.3) is 0 Å². The number of carbonyl (C=O) groups excluding carboxylic acids is 2.